The summed E-state index contributed by atoms with van der Waals surface area (Å²) in [4.78, 5) is 29.3. The fourth-order valence-corrected chi connectivity index (χ4v) is 8.39. The van der Waals surface area contributed by atoms with Crippen LogP contribution in [0.15, 0.2) is 58.4 Å². The van der Waals surface area contributed by atoms with Crippen molar-refractivity contribution < 1.29 is 31.2 Å². The van der Waals surface area contributed by atoms with E-state index in [1.54, 1.807) is 44.2 Å². The van der Waals surface area contributed by atoms with Crippen molar-refractivity contribution in [2.45, 2.75) is 74.3 Å². The molecule has 2 bridgehead atoms. The molecule has 1 aliphatic heterocycles. The first-order chi connectivity index (χ1) is 19.5. The number of alkyl halides is 3. The van der Waals surface area contributed by atoms with Crippen molar-refractivity contribution in [3.05, 3.63) is 64.7 Å². The van der Waals surface area contributed by atoms with Crippen LogP contribution < -0.4 is 16.4 Å². The number of carbonyl (C=O) groups excluding carboxylic acids is 2. The number of nitrogens with two attached hydrogens (primary N) is 1. The Morgan fingerprint density at radius 1 is 1.12 bits per heavy atom. The molecular formula is C28H31ClF3N5O4S. The van der Waals surface area contributed by atoms with Crippen molar-refractivity contribution >= 4 is 39.3 Å². The molecule has 1 atom stereocenters. The van der Waals surface area contributed by atoms with Gasteiger partial charge in [0.25, 0.3) is 0 Å². The summed E-state index contributed by atoms with van der Waals surface area (Å²) in [5.41, 5.74) is 3.98. The average molecular weight is 626 g/mol. The Bertz CT molecular complexity index is 1540. The molecule has 42 heavy (non-hydrogen) atoms. The maximum absolute atomic E-state index is 14.1. The van der Waals surface area contributed by atoms with Gasteiger partial charge in [0.2, 0.25) is 21.8 Å². The molecule has 9 nitrogen and oxygen atoms in total. The molecule has 0 radical (unpaired) electrons. The van der Waals surface area contributed by atoms with Crippen LogP contribution in [0.4, 0.5) is 13.2 Å². The summed E-state index contributed by atoms with van der Waals surface area (Å²) in [6, 6.07) is 11.7. The Morgan fingerprint density at radius 2 is 1.74 bits per heavy atom. The van der Waals surface area contributed by atoms with E-state index in [0.717, 1.165) is 0 Å². The van der Waals surface area contributed by atoms with Crippen LogP contribution in [0.25, 0.3) is 0 Å². The predicted octanol–water partition coefficient (Wildman–Crippen LogP) is 3.77. The third-order valence-electron chi connectivity index (χ3n) is 8.33. The van der Waals surface area contributed by atoms with Gasteiger partial charge in [0.1, 0.15) is 5.84 Å². The number of benzene rings is 2. The van der Waals surface area contributed by atoms with E-state index in [4.69, 9.17) is 17.3 Å². The molecular weight excluding hydrogens is 595 g/mol. The van der Waals surface area contributed by atoms with Crippen molar-refractivity contribution in [3.63, 3.8) is 0 Å². The fourth-order valence-electron chi connectivity index (χ4n) is 6.30. The number of aliphatic imine (C=N–C) groups is 1. The Kier molecular flexibility index (Phi) is 7.38. The van der Waals surface area contributed by atoms with Gasteiger partial charge in [0, 0.05) is 29.1 Å². The third kappa shape index (κ3) is 5.37. The molecule has 4 aliphatic rings. The van der Waals surface area contributed by atoms with Crippen molar-refractivity contribution in [2.24, 2.45) is 16.1 Å². The van der Waals surface area contributed by atoms with Crippen LogP contribution in [0.1, 0.15) is 55.5 Å². The lowest BCUT2D eigenvalue weighted by molar-refractivity contribution is -0.151. The van der Waals surface area contributed by atoms with Crippen LogP contribution in [-0.2, 0) is 21.4 Å². The second-order valence-corrected chi connectivity index (χ2v) is 14.2. The standard InChI is InChI=1S/C28H31ClF3N5O4S/c1-25(2)21(23(39)34-12-11-28(30,31)32)35-24(36-25)26-14-27(15-26,16-26)37(13-17-7-9-18(29)10-8-17)42(40,41)20-6-4-3-5-19(20)22(33)38/h3-10,21H,11-16H2,1-2H3,(H2,33,38)(H,34,39)(H,35,36)/t21-,26?,27?/m0/s1. The van der Waals surface area contributed by atoms with Gasteiger partial charge in [-0.25, -0.2) is 8.42 Å². The summed E-state index contributed by atoms with van der Waals surface area (Å²) < 4.78 is 67.4. The molecule has 4 N–H and O–H groups in total. The average Bonchev–Trinajstić information content (AvgIpc) is 3.17. The Labute approximate surface area is 246 Å². The smallest absolute Gasteiger partial charge is 0.366 e. The summed E-state index contributed by atoms with van der Waals surface area (Å²) in [6.45, 7) is 2.98. The number of amidine groups is 1. The summed E-state index contributed by atoms with van der Waals surface area (Å²) in [7, 11) is -4.20. The summed E-state index contributed by atoms with van der Waals surface area (Å²) in [5, 5.41) is 6.11. The summed E-state index contributed by atoms with van der Waals surface area (Å²) in [6.07, 6.45) is -4.29. The molecule has 2 aromatic rings. The van der Waals surface area contributed by atoms with E-state index in [0.29, 0.717) is 35.7 Å². The van der Waals surface area contributed by atoms with Crippen molar-refractivity contribution in [2.75, 3.05) is 6.54 Å². The van der Waals surface area contributed by atoms with Crippen molar-refractivity contribution in [3.8, 4) is 0 Å². The largest absolute Gasteiger partial charge is 0.390 e. The highest BCUT2D eigenvalue weighted by Gasteiger charge is 2.75. The molecule has 226 valence electrons. The van der Waals surface area contributed by atoms with Crippen LogP contribution in [0.2, 0.25) is 5.02 Å². The van der Waals surface area contributed by atoms with Gasteiger partial charge in [-0.1, -0.05) is 35.9 Å². The number of nitrogens with one attached hydrogen (secondary N) is 2. The monoisotopic (exact) mass is 625 g/mol. The number of sulfonamides is 1. The zero-order valence-corrected chi connectivity index (χ0v) is 24.5. The molecule has 3 saturated carbocycles. The number of hydrogen-bond acceptors (Lipinski definition) is 6. The minimum atomic E-state index is -4.39. The molecule has 14 heteroatoms. The first-order valence-corrected chi connectivity index (χ1v) is 15.2. The molecule has 6 rings (SSSR count). The van der Waals surface area contributed by atoms with Gasteiger partial charge in [-0.05, 0) is 62.9 Å². The number of carbonyl (C=O) groups is 2. The maximum Gasteiger partial charge on any atom is 0.390 e. The highest BCUT2D eigenvalue weighted by Crippen LogP contribution is 2.71. The van der Waals surface area contributed by atoms with Gasteiger partial charge in [-0.2, -0.15) is 17.5 Å². The zero-order chi connectivity index (χ0) is 30.7. The molecule has 3 fully saturated rings. The van der Waals surface area contributed by atoms with Crippen LogP contribution in [0, 0.1) is 5.41 Å². The Balaban J connectivity index is 1.40. The molecule has 2 aromatic carbocycles. The van der Waals surface area contributed by atoms with E-state index in [9.17, 15) is 31.2 Å². The third-order valence-corrected chi connectivity index (χ3v) is 10.6. The van der Waals surface area contributed by atoms with Crippen molar-refractivity contribution in [1.29, 1.82) is 0 Å². The van der Waals surface area contributed by atoms with Crippen LogP contribution in [-0.4, -0.2) is 60.2 Å². The molecule has 3 aliphatic carbocycles. The number of halogens is 4. The van der Waals surface area contributed by atoms with Crippen LogP contribution in [0.5, 0.6) is 0 Å². The van der Waals surface area contributed by atoms with Gasteiger partial charge >= 0.3 is 6.18 Å². The molecule has 0 spiro atoms. The normalized spacial score (nSPS) is 26.1. The first kappa shape index (κ1) is 30.3. The number of nitrogens with zero attached hydrogens (tertiary/aromatic N) is 2. The number of hydrogen-bond donors (Lipinski definition) is 3. The van der Waals surface area contributed by atoms with Gasteiger partial charge in [-0.15, -0.1) is 0 Å². The Morgan fingerprint density at radius 3 is 2.33 bits per heavy atom. The quantitative estimate of drug-likeness (QED) is 0.370. The van der Waals surface area contributed by atoms with E-state index < -0.39 is 63.5 Å². The minimum Gasteiger partial charge on any atom is -0.366 e. The van der Waals surface area contributed by atoms with Gasteiger partial charge in [0.05, 0.1) is 22.4 Å². The predicted molar refractivity (Wildman–Crippen MR) is 150 cm³/mol. The fraction of sp³-hybridized carbons (Fsp3) is 0.464. The maximum atomic E-state index is 14.1. The highest BCUT2D eigenvalue weighted by molar-refractivity contribution is 7.89. The van der Waals surface area contributed by atoms with E-state index in [-0.39, 0.29) is 17.0 Å². The van der Waals surface area contributed by atoms with E-state index in [2.05, 4.69) is 15.6 Å². The van der Waals surface area contributed by atoms with E-state index in [1.165, 1.54) is 22.5 Å². The molecule has 2 amide bonds. The molecule has 0 unspecified atom stereocenters. The zero-order valence-electron chi connectivity index (χ0n) is 23.0. The SMILES string of the molecule is CC1(C)NC(C23CC(N(Cc4ccc(Cl)cc4)S(=O)(=O)c4ccccc4C(N)=O)(C2)C3)=N[C@H]1C(=O)NCCC(F)(F)F. The molecule has 1 heterocycles. The number of rotatable bonds is 10. The lowest BCUT2D eigenvalue weighted by Crippen LogP contribution is -2.78. The number of primary amides is 1. The summed E-state index contributed by atoms with van der Waals surface area (Å²) in [5.74, 6) is -0.921. The lowest BCUT2D eigenvalue weighted by atomic mass is 9.38. The van der Waals surface area contributed by atoms with Crippen molar-refractivity contribution in [1.82, 2.24) is 14.9 Å². The topological polar surface area (TPSA) is 134 Å². The Hall–Kier alpha value is -3.16. The van der Waals surface area contributed by atoms with E-state index >= 15 is 0 Å². The van der Waals surface area contributed by atoms with E-state index in [1.807, 2.05) is 0 Å². The first-order valence-electron chi connectivity index (χ1n) is 13.4. The van der Waals surface area contributed by atoms with Gasteiger partial charge in [-0.3, -0.25) is 14.6 Å². The second-order valence-electron chi connectivity index (χ2n) is 11.9. The number of amides is 2. The second kappa shape index (κ2) is 10.2. The lowest BCUT2D eigenvalue weighted by Gasteiger charge is -2.73. The van der Waals surface area contributed by atoms with Crippen LogP contribution >= 0.6 is 11.6 Å². The summed E-state index contributed by atoms with van der Waals surface area (Å²) >= 11 is 6.04. The van der Waals surface area contributed by atoms with Crippen LogP contribution in [0.3, 0.4) is 0 Å². The van der Waals surface area contributed by atoms with Gasteiger partial charge < -0.3 is 16.4 Å². The minimum absolute atomic E-state index is 0.0261. The molecule has 0 saturated heterocycles. The van der Waals surface area contributed by atoms with Gasteiger partial charge in [0.15, 0.2) is 6.04 Å². The highest BCUT2D eigenvalue weighted by atomic mass is 35.5. The molecule has 0 aromatic heterocycles.